The fourth-order valence-corrected chi connectivity index (χ4v) is 10.6. The minimum absolute atomic E-state index is 1.11. The predicted octanol–water partition coefficient (Wildman–Crippen LogP) is 14.5. The van der Waals surface area contributed by atoms with E-state index in [1.807, 2.05) is 45.3 Å². The van der Waals surface area contributed by atoms with Gasteiger partial charge in [0.05, 0.1) is 0 Å². The normalized spacial score (nSPS) is 13.9. The number of fused-ring (bicyclic) bond motifs is 4. The first-order valence-electron chi connectivity index (χ1n) is 16.4. The van der Waals surface area contributed by atoms with Crippen molar-refractivity contribution in [3.63, 3.8) is 0 Å². The lowest BCUT2D eigenvalue weighted by Crippen LogP contribution is -1.81. The first kappa shape index (κ1) is 33.6. The zero-order valence-corrected chi connectivity index (χ0v) is 32.1. The Kier molecular flexibility index (Phi) is 10.3. The second-order valence-corrected chi connectivity index (χ2v) is 18.3. The van der Waals surface area contributed by atoms with Gasteiger partial charge in [-0.05, 0) is 144 Å². The molecule has 0 N–H and O–H groups in total. The average molecular weight is 689 g/mol. The molecule has 3 aliphatic carbocycles. The molecule has 240 valence electrons. The molecule has 0 saturated carbocycles. The Morgan fingerprint density at radius 1 is 0.404 bits per heavy atom. The van der Waals surface area contributed by atoms with Gasteiger partial charge in [0, 0.05) is 38.7 Å². The van der Waals surface area contributed by atoms with Gasteiger partial charge in [0.2, 0.25) is 0 Å². The molecule has 0 saturated heterocycles. The predicted molar refractivity (Wildman–Crippen MR) is 214 cm³/mol. The van der Waals surface area contributed by atoms with Crippen molar-refractivity contribution in [2.75, 3.05) is 0 Å². The van der Waals surface area contributed by atoms with Crippen LogP contribution in [-0.4, -0.2) is 0 Å². The number of allylic oxidation sites excluding steroid dienone is 6. The van der Waals surface area contributed by atoms with Crippen LogP contribution in [0.1, 0.15) is 68.5 Å². The van der Waals surface area contributed by atoms with E-state index in [9.17, 15) is 0 Å². The Hall–Kier alpha value is -3.28. The van der Waals surface area contributed by atoms with Gasteiger partial charge in [-0.2, -0.15) is 0 Å². The van der Waals surface area contributed by atoms with E-state index >= 15 is 0 Å². The topological polar surface area (TPSA) is 0 Å². The molecule has 0 radical (unpaired) electrons. The molecule has 0 fully saturated rings. The summed E-state index contributed by atoms with van der Waals surface area (Å²) in [5.41, 5.74) is 14.7. The molecule has 3 aliphatic rings. The molecule has 0 atom stereocenters. The lowest BCUT2D eigenvalue weighted by atomic mass is 10.0. The summed E-state index contributed by atoms with van der Waals surface area (Å²) in [7, 11) is 0. The molecule has 0 bridgehead atoms. The molecule has 0 aliphatic heterocycles. The van der Waals surface area contributed by atoms with Crippen LogP contribution in [0.2, 0.25) is 0 Å². The minimum atomic E-state index is 1.11. The zero-order valence-electron chi connectivity index (χ0n) is 28.8. The molecule has 47 heavy (non-hydrogen) atoms. The van der Waals surface area contributed by atoms with Gasteiger partial charge in [-0.3, -0.25) is 0 Å². The van der Waals surface area contributed by atoms with E-state index in [1.165, 1.54) is 96.0 Å². The van der Waals surface area contributed by atoms with Crippen LogP contribution in [0.4, 0.5) is 0 Å². The van der Waals surface area contributed by atoms with E-state index in [4.69, 9.17) is 0 Å². The summed E-state index contributed by atoms with van der Waals surface area (Å²) < 4.78 is 2.89. The van der Waals surface area contributed by atoms with Crippen LogP contribution >= 0.6 is 45.3 Å². The zero-order chi connectivity index (χ0) is 33.2. The first-order chi connectivity index (χ1) is 22.5. The van der Waals surface area contributed by atoms with Crippen molar-refractivity contribution < 1.29 is 0 Å². The molecule has 2 aromatic carbocycles. The molecule has 6 aromatic rings. The van der Waals surface area contributed by atoms with Gasteiger partial charge in [-0.25, -0.2) is 0 Å². The van der Waals surface area contributed by atoms with Crippen LogP contribution in [-0.2, 0) is 6.42 Å². The van der Waals surface area contributed by atoms with Crippen LogP contribution in [0.15, 0.2) is 107 Å². The van der Waals surface area contributed by atoms with Gasteiger partial charge in [0.15, 0.2) is 0 Å². The van der Waals surface area contributed by atoms with Crippen LogP contribution in [0, 0.1) is 41.5 Å². The third kappa shape index (κ3) is 8.24. The SMILES string of the molecule is CC1=CC2=C(C=C(C)C2)C1.Cc1cc2sc(C)cc2s1.Cc1ccc(-c2ccc(C)s2)s1.Cc1ccc2c(c1)Cc1cc(C)ccc1-2. The van der Waals surface area contributed by atoms with Crippen LogP contribution < -0.4 is 0 Å². The molecular weight excluding hydrogens is 645 g/mol. The molecular formula is C43H44S4. The highest BCUT2D eigenvalue weighted by Gasteiger charge is 2.18. The maximum Gasteiger partial charge on any atom is 0.0456 e. The van der Waals surface area contributed by atoms with E-state index in [0.29, 0.717) is 0 Å². The third-order valence-electron chi connectivity index (χ3n) is 8.56. The highest BCUT2D eigenvalue weighted by molar-refractivity contribution is 7.27. The van der Waals surface area contributed by atoms with E-state index in [-0.39, 0.29) is 0 Å². The summed E-state index contributed by atoms with van der Waals surface area (Å²) in [6, 6.07) is 26.8. The fraction of sp³-hybridized carbons (Fsp3) is 0.256. The summed E-state index contributed by atoms with van der Waals surface area (Å²) in [6.07, 6.45) is 8.18. The van der Waals surface area contributed by atoms with Gasteiger partial charge < -0.3 is 0 Å². The largest absolute Gasteiger partial charge is 0.140 e. The van der Waals surface area contributed by atoms with Crippen molar-refractivity contribution >= 4 is 54.7 Å². The standard InChI is InChI=1S/C15H14.C10H10S2.C10H12.C8H8S2/c1-10-3-5-14-12(7-10)9-13-8-11(2)4-6-15(13)14;1-7-3-5-9(11-7)10-6-4-8(2)12-10;1-7-3-9-5-8(2)6-10(9)4-7;1-5-3-7-8(9-5)4-6(2)10-7/h3-8H,9H2,1-2H3;3-6H,1-2H3;3,6H,4-5H2,1-2H3;3-4H,1-2H3. The van der Waals surface area contributed by atoms with Crippen molar-refractivity contribution in [2.24, 2.45) is 0 Å². The number of aryl methyl sites for hydroxylation is 6. The van der Waals surface area contributed by atoms with Gasteiger partial charge >= 0.3 is 0 Å². The number of rotatable bonds is 1. The Morgan fingerprint density at radius 3 is 1.21 bits per heavy atom. The Labute approximate surface area is 297 Å². The number of hydrogen-bond donors (Lipinski definition) is 0. The summed E-state index contributed by atoms with van der Waals surface area (Å²) in [5.74, 6) is 0. The van der Waals surface area contributed by atoms with Crippen LogP contribution in [0.3, 0.4) is 0 Å². The Bertz CT molecular complexity index is 1970. The summed E-state index contributed by atoms with van der Waals surface area (Å²) >= 11 is 7.50. The molecule has 0 nitrogen and oxygen atoms in total. The maximum absolute atomic E-state index is 2.34. The molecule has 0 spiro atoms. The second kappa shape index (κ2) is 14.5. The Morgan fingerprint density at radius 2 is 0.830 bits per heavy atom. The lowest BCUT2D eigenvalue weighted by molar-refractivity contribution is 1.18. The average Bonchev–Trinajstić information content (AvgIpc) is 3.85. The summed E-state index contributed by atoms with van der Waals surface area (Å²) in [4.78, 5) is 8.39. The second-order valence-electron chi connectivity index (χ2n) is 13.1. The first-order valence-corrected chi connectivity index (χ1v) is 19.6. The van der Waals surface area contributed by atoms with Crippen molar-refractivity contribution in [1.82, 2.24) is 0 Å². The quantitative estimate of drug-likeness (QED) is 0.161. The number of thiophene rings is 4. The summed E-state index contributed by atoms with van der Waals surface area (Å²) in [5, 5.41) is 0. The van der Waals surface area contributed by atoms with Crippen LogP contribution in [0.25, 0.3) is 30.3 Å². The van der Waals surface area contributed by atoms with Crippen molar-refractivity contribution in [3.05, 3.63) is 149 Å². The van der Waals surface area contributed by atoms with Gasteiger partial charge in [0.1, 0.15) is 0 Å². The molecule has 4 aromatic heterocycles. The van der Waals surface area contributed by atoms with Crippen molar-refractivity contribution in [2.45, 2.75) is 74.7 Å². The highest BCUT2D eigenvalue weighted by Crippen LogP contribution is 2.38. The molecule has 4 heterocycles. The highest BCUT2D eigenvalue weighted by atomic mass is 32.1. The summed E-state index contributed by atoms with van der Waals surface area (Å²) in [6.45, 7) is 17.4. The molecule has 0 unspecified atom stereocenters. The number of hydrogen-bond acceptors (Lipinski definition) is 4. The maximum atomic E-state index is 2.34. The number of benzene rings is 2. The molecule has 4 heteroatoms. The Balaban J connectivity index is 0.000000111. The lowest BCUT2D eigenvalue weighted by Gasteiger charge is -2.01. The van der Waals surface area contributed by atoms with E-state index < -0.39 is 0 Å². The van der Waals surface area contributed by atoms with Crippen molar-refractivity contribution in [3.8, 4) is 20.9 Å². The fourth-order valence-electron chi connectivity index (χ4n) is 6.49. The minimum Gasteiger partial charge on any atom is -0.140 e. The van der Waals surface area contributed by atoms with E-state index in [2.05, 4.69) is 140 Å². The smallest absolute Gasteiger partial charge is 0.0456 e. The third-order valence-corrected chi connectivity index (χ3v) is 12.9. The van der Waals surface area contributed by atoms with Gasteiger partial charge in [-0.1, -0.05) is 70.8 Å². The molecule has 9 rings (SSSR count). The van der Waals surface area contributed by atoms with Gasteiger partial charge in [-0.15, -0.1) is 45.3 Å². The van der Waals surface area contributed by atoms with E-state index in [1.54, 1.807) is 11.1 Å². The monoisotopic (exact) mass is 688 g/mol. The van der Waals surface area contributed by atoms with Crippen molar-refractivity contribution in [1.29, 1.82) is 0 Å². The van der Waals surface area contributed by atoms with Crippen LogP contribution in [0.5, 0.6) is 0 Å². The van der Waals surface area contributed by atoms with Gasteiger partial charge in [0.25, 0.3) is 0 Å². The molecule has 0 amide bonds. The van der Waals surface area contributed by atoms with E-state index in [0.717, 1.165) is 6.42 Å².